The summed E-state index contributed by atoms with van der Waals surface area (Å²) in [5.74, 6) is -0.849. The van der Waals surface area contributed by atoms with Crippen molar-refractivity contribution in [2.24, 2.45) is 0 Å². The van der Waals surface area contributed by atoms with E-state index >= 15 is 0 Å². The van der Waals surface area contributed by atoms with Crippen molar-refractivity contribution in [1.29, 1.82) is 0 Å². The topological polar surface area (TPSA) is 72.2 Å². The molecular weight excluding hydrogens is 299 g/mol. The number of Topliss-reactive ketones (excluding diaryl/α,β-unsaturated/α-hetero) is 1. The molecule has 0 bridgehead atoms. The van der Waals surface area contributed by atoms with E-state index in [0.717, 1.165) is 6.07 Å². The van der Waals surface area contributed by atoms with Crippen LogP contribution in [0.15, 0.2) is 36.4 Å². The largest absolute Gasteiger partial charge is 0.350 e. The molecule has 0 aliphatic carbocycles. The van der Waals surface area contributed by atoms with Gasteiger partial charge in [-0.15, -0.1) is 0 Å². The number of ketones is 1. The number of nitro benzene ring substituents is 1. The Morgan fingerprint density at radius 3 is 2.57 bits per heavy atom. The number of nitrogens with one attached hydrogen (secondary N) is 1. The molecule has 0 radical (unpaired) electrons. The number of nitrogens with zero attached hydrogens (tertiary/aromatic N) is 1. The fourth-order valence-electron chi connectivity index (χ4n) is 1.74. The maximum absolute atomic E-state index is 13.1. The minimum absolute atomic E-state index is 0.0944. The van der Waals surface area contributed by atoms with Crippen LogP contribution in [0.4, 0.5) is 21.5 Å². The number of carbonyl (C=O) groups is 1. The Labute approximate surface area is 124 Å². The summed E-state index contributed by atoms with van der Waals surface area (Å²) in [6.07, 6.45) is 0. The zero-order valence-corrected chi connectivity index (χ0v) is 11.6. The Balaban J connectivity index is 2.41. The molecule has 0 spiro atoms. The van der Waals surface area contributed by atoms with Crippen LogP contribution < -0.4 is 5.32 Å². The molecule has 108 valence electrons. The van der Waals surface area contributed by atoms with Crippen molar-refractivity contribution >= 4 is 34.4 Å². The van der Waals surface area contributed by atoms with E-state index < -0.39 is 10.7 Å². The summed E-state index contributed by atoms with van der Waals surface area (Å²) in [5, 5.41) is 13.8. The zero-order valence-electron chi connectivity index (χ0n) is 10.9. The first-order valence-corrected chi connectivity index (χ1v) is 6.27. The lowest BCUT2D eigenvalue weighted by atomic mass is 10.1. The standard InChI is InChI=1S/C14H10ClFN2O3/c1-8(19)9-2-5-13(14(6-9)18(20)21)17-10-3-4-12(16)11(15)7-10/h2-7,17H,1H3. The third-order valence-corrected chi connectivity index (χ3v) is 3.09. The van der Waals surface area contributed by atoms with E-state index in [4.69, 9.17) is 11.6 Å². The number of halogens is 2. The third-order valence-electron chi connectivity index (χ3n) is 2.80. The van der Waals surface area contributed by atoms with Crippen molar-refractivity contribution in [2.75, 3.05) is 5.32 Å². The predicted octanol–water partition coefficient (Wildman–Crippen LogP) is 4.33. The van der Waals surface area contributed by atoms with Crippen molar-refractivity contribution in [2.45, 2.75) is 6.92 Å². The van der Waals surface area contributed by atoms with Crippen LogP contribution in [0.3, 0.4) is 0 Å². The molecule has 0 amide bonds. The summed E-state index contributed by atoms with van der Waals surface area (Å²) in [4.78, 5) is 21.7. The van der Waals surface area contributed by atoms with Gasteiger partial charge in [0.2, 0.25) is 0 Å². The van der Waals surface area contributed by atoms with Crippen LogP contribution in [0.25, 0.3) is 0 Å². The van der Waals surface area contributed by atoms with Crippen molar-refractivity contribution in [3.05, 3.63) is 62.9 Å². The molecule has 0 saturated carbocycles. The van der Waals surface area contributed by atoms with Gasteiger partial charge in [0.15, 0.2) is 5.78 Å². The van der Waals surface area contributed by atoms with Crippen LogP contribution in [-0.4, -0.2) is 10.7 Å². The number of benzene rings is 2. The number of hydrogen-bond donors (Lipinski definition) is 1. The fourth-order valence-corrected chi connectivity index (χ4v) is 1.92. The van der Waals surface area contributed by atoms with Crippen LogP contribution in [0, 0.1) is 15.9 Å². The van der Waals surface area contributed by atoms with Gasteiger partial charge in [-0.1, -0.05) is 11.6 Å². The van der Waals surface area contributed by atoms with Crippen molar-refractivity contribution < 1.29 is 14.1 Å². The van der Waals surface area contributed by atoms with Gasteiger partial charge in [0, 0.05) is 17.3 Å². The summed E-state index contributed by atoms with van der Waals surface area (Å²) in [5.41, 5.74) is 0.584. The van der Waals surface area contributed by atoms with Gasteiger partial charge < -0.3 is 5.32 Å². The highest BCUT2D eigenvalue weighted by molar-refractivity contribution is 6.31. The molecule has 0 fully saturated rings. The molecule has 2 aromatic rings. The molecule has 0 aliphatic rings. The maximum atomic E-state index is 13.1. The first-order valence-electron chi connectivity index (χ1n) is 5.90. The normalized spacial score (nSPS) is 10.2. The first-order chi connectivity index (χ1) is 9.88. The quantitative estimate of drug-likeness (QED) is 0.518. The summed E-state index contributed by atoms with van der Waals surface area (Å²) in [7, 11) is 0. The Hall–Kier alpha value is -2.47. The molecule has 0 heterocycles. The number of nitro groups is 1. The molecule has 21 heavy (non-hydrogen) atoms. The van der Waals surface area contributed by atoms with E-state index in [1.807, 2.05) is 0 Å². The second-order valence-corrected chi connectivity index (χ2v) is 4.71. The molecule has 1 N–H and O–H groups in total. The van der Waals surface area contributed by atoms with Crippen LogP contribution in [0.1, 0.15) is 17.3 Å². The Kier molecular flexibility index (Phi) is 4.18. The smallest absolute Gasteiger partial charge is 0.293 e. The molecule has 0 unspecified atom stereocenters. The number of carbonyl (C=O) groups excluding carboxylic acids is 1. The second-order valence-electron chi connectivity index (χ2n) is 4.30. The maximum Gasteiger partial charge on any atom is 0.293 e. The lowest BCUT2D eigenvalue weighted by Crippen LogP contribution is -2.00. The minimum Gasteiger partial charge on any atom is -0.350 e. The van der Waals surface area contributed by atoms with E-state index in [-0.39, 0.29) is 27.7 Å². The molecule has 2 aromatic carbocycles. The minimum atomic E-state index is -0.597. The first kappa shape index (κ1) is 14.9. The van der Waals surface area contributed by atoms with Crippen molar-refractivity contribution in [3.8, 4) is 0 Å². The molecule has 0 aliphatic heterocycles. The molecule has 0 atom stereocenters. The summed E-state index contributed by atoms with van der Waals surface area (Å²) in [6, 6.07) is 7.97. The van der Waals surface area contributed by atoms with Crippen LogP contribution in [-0.2, 0) is 0 Å². The van der Waals surface area contributed by atoms with E-state index in [2.05, 4.69) is 5.32 Å². The SMILES string of the molecule is CC(=O)c1ccc(Nc2ccc(F)c(Cl)c2)c([N+](=O)[O-])c1. The average Bonchev–Trinajstić information content (AvgIpc) is 2.43. The van der Waals surface area contributed by atoms with Crippen LogP contribution >= 0.6 is 11.6 Å². The Morgan fingerprint density at radius 2 is 2.00 bits per heavy atom. The number of hydrogen-bond acceptors (Lipinski definition) is 4. The summed E-state index contributed by atoms with van der Waals surface area (Å²) >= 11 is 5.66. The molecule has 5 nitrogen and oxygen atoms in total. The van der Waals surface area contributed by atoms with E-state index in [1.54, 1.807) is 0 Å². The Bertz CT molecular complexity index is 734. The molecule has 0 aromatic heterocycles. The summed E-state index contributed by atoms with van der Waals surface area (Å²) < 4.78 is 13.1. The highest BCUT2D eigenvalue weighted by Gasteiger charge is 2.16. The van der Waals surface area contributed by atoms with Gasteiger partial charge in [-0.05, 0) is 37.3 Å². The number of rotatable bonds is 4. The van der Waals surface area contributed by atoms with E-state index in [1.165, 1.54) is 37.3 Å². The highest BCUT2D eigenvalue weighted by atomic mass is 35.5. The van der Waals surface area contributed by atoms with Crippen LogP contribution in [0.5, 0.6) is 0 Å². The predicted molar refractivity (Wildman–Crippen MR) is 77.8 cm³/mol. The molecule has 2 rings (SSSR count). The number of anilines is 2. The Morgan fingerprint density at radius 1 is 1.29 bits per heavy atom. The zero-order chi connectivity index (χ0) is 15.6. The monoisotopic (exact) mass is 308 g/mol. The van der Waals surface area contributed by atoms with Gasteiger partial charge in [0.05, 0.1) is 9.95 Å². The lowest BCUT2D eigenvalue weighted by Gasteiger charge is -2.08. The molecule has 0 saturated heterocycles. The average molecular weight is 309 g/mol. The second kappa shape index (κ2) is 5.88. The van der Waals surface area contributed by atoms with E-state index in [9.17, 15) is 19.3 Å². The fraction of sp³-hybridized carbons (Fsp3) is 0.0714. The van der Waals surface area contributed by atoms with Gasteiger partial charge in [0.25, 0.3) is 5.69 Å². The van der Waals surface area contributed by atoms with Crippen molar-refractivity contribution in [3.63, 3.8) is 0 Å². The van der Waals surface area contributed by atoms with Gasteiger partial charge in [0.1, 0.15) is 11.5 Å². The summed E-state index contributed by atoms with van der Waals surface area (Å²) in [6.45, 7) is 1.33. The van der Waals surface area contributed by atoms with Gasteiger partial charge in [-0.2, -0.15) is 0 Å². The van der Waals surface area contributed by atoms with Gasteiger partial charge in [-0.3, -0.25) is 14.9 Å². The van der Waals surface area contributed by atoms with Crippen molar-refractivity contribution in [1.82, 2.24) is 0 Å². The third kappa shape index (κ3) is 3.35. The van der Waals surface area contributed by atoms with Gasteiger partial charge >= 0.3 is 0 Å². The molecular formula is C14H10ClFN2O3. The van der Waals surface area contributed by atoms with Gasteiger partial charge in [-0.25, -0.2) is 4.39 Å². The highest BCUT2D eigenvalue weighted by Crippen LogP contribution is 2.30. The molecule has 7 heteroatoms. The lowest BCUT2D eigenvalue weighted by molar-refractivity contribution is -0.383. The van der Waals surface area contributed by atoms with E-state index in [0.29, 0.717) is 5.69 Å². The van der Waals surface area contributed by atoms with Crippen LogP contribution in [0.2, 0.25) is 5.02 Å².